The van der Waals surface area contributed by atoms with Gasteiger partial charge < -0.3 is 4.90 Å². The molecule has 1 aliphatic heterocycles. The van der Waals surface area contributed by atoms with Crippen molar-refractivity contribution in [1.29, 1.82) is 0 Å². The first-order chi connectivity index (χ1) is 12.6. The molecule has 0 spiro atoms. The molecule has 4 rings (SSSR count). The second kappa shape index (κ2) is 6.48. The number of aryl methyl sites for hydroxylation is 2. The minimum atomic E-state index is 0.0868. The zero-order valence-electron chi connectivity index (χ0n) is 15.4. The van der Waals surface area contributed by atoms with Crippen LogP contribution in [0.25, 0.3) is 22.2 Å². The maximum absolute atomic E-state index is 13.3. The summed E-state index contributed by atoms with van der Waals surface area (Å²) in [5, 5.41) is 0.915. The standard InChI is InChI=1S/C21H22N4O/c1-13-6-7-17-18(21(26)25-8-4-5-14(25)2)9-19(24-20(17)15(13)3)16-10-22-12-23-11-16/h6-7,9-12,14H,4-5,8H2,1-3H3/t14-/m0/s1. The monoisotopic (exact) mass is 346 g/mol. The number of amides is 1. The van der Waals surface area contributed by atoms with Gasteiger partial charge in [0, 0.05) is 35.9 Å². The molecule has 1 atom stereocenters. The molecule has 2 aromatic heterocycles. The van der Waals surface area contributed by atoms with Crippen LogP contribution in [0.5, 0.6) is 0 Å². The highest BCUT2D eigenvalue weighted by atomic mass is 16.2. The lowest BCUT2D eigenvalue weighted by Crippen LogP contribution is -2.33. The van der Waals surface area contributed by atoms with E-state index in [1.165, 1.54) is 11.9 Å². The van der Waals surface area contributed by atoms with Crippen LogP contribution >= 0.6 is 0 Å². The van der Waals surface area contributed by atoms with Crippen LogP contribution in [0.2, 0.25) is 0 Å². The summed E-state index contributed by atoms with van der Waals surface area (Å²) in [7, 11) is 0. The number of hydrogen-bond donors (Lipinski definition) is 0. The Bertz CT molecular complexity index is 984. The number of rotatable bonds is 2. The van der Waals surface area contributed by atoms with Crippen LogP contribution in [0.4, 0.5) is 0 Å². The largest absolute Gasteiger partial charge is 0.336 e. The minimum absolute atomic E-state index is 0.0868. The van der Waals surface area contributed by atoms with E-state index in [-0.39, 0.29) is 11.9 Å². The summed E-state index contributed by atoms with van der Waals surface area (Å²) < 4.78 is 0. The van der Waals surface area contributed by atoms with E-state index in [1.807, 2.05) is 17.0 Å². The van der Waals surface area contributed by atoms with Crippen LogP contribution < -0.4 is 0 Å². The Kier molecular flexibility index (Phi) is 4.15. The molecule has 0 aliphatic carbocycles. The molecule has 3 heterocycles. The summed E-state index contributed by atoms with van der Waals surface area (Å²) in [6.45, 7) is 7.07. The number of fused-ring (bicyclic) bond motifs is 1. The Hall–Kier alpha value is -2.82. The number of likely N-dealkylation sites (tertiary alicyclic amines) is 1. The van der Waals surface area contributed by atoms with E-state index in [0.717, 1.165) is 47.1 Å². The lowest BCUT2D eigenvalue weighted by Gasteiger charge is -2.23. The Labute approximate surface area is 153 Å². The first-order valence-corrected chi connectivity index (χ1v) is 9.03. The fraction of sp³-hybridized carbons (Fsp3) is 0.333. The molecule has 0 unspecified atom stereocenters. The van der Waals surface area contributed by atoms with Gasteiger partial charge in [0.1, 0.15) is 6.33 Å². The minimum Gasteiger partial charge on any atom is -0.336 e. The van der Waals surface area contributed by atoms with Crippen molar-refractivity contribution >= 4 is 16.8 Å². The zero-order valence-corrected chi connectivity index (χ0v) is 15.4. The molecule has 5 nitrogen and oxygen atoms in total. The number of nitrogens with zero attached hydrogens (tertiary/aromatic N) is 4. The van der Waals surface area contributed by atoms with Crippen molar-refractivity contribution in [2.24, 2.45) is 0 Å². The molecule has 1 saturated heterocycles. The second-order valence-corrected chi connectivity index (χ2v) is 7.08. The molecule has 26 heavy (non-hydrogen) atoms. The summed E-state index contributed by atoms with van der Waals surface area (Å²) in [4.78, 5) is 28.3. The van der Waals surface area contributed by atoms with E-state index in [9.17, 15) is 4.79 Å². The van der Waals surface area contributed by atoms with E-state index < -0.39 is 0 Å². The van der Waals surface area contributed by atoms with Gasteiger partial charge in [-0.3, -0.25) is 4.79 Å². The first-order valence-electron chi connectivity index (χ1n) is 9.03. The van der Waals surface area contributed by atoms with Gasteiger partial charge in [0.2, 0.25) is 0 Å². The summed E-state index contributed by atoms with van der Waals surface area (Å²) in [6.07, 6.45) is 7.09. The number of aromatic nitrogens is 3. The molecule has 1 aliphatic rings. The third-order valence-electron chi connectivity index (χ3n) is 5.41. The van der Waals surface area contributed by atoms with Crippen molar-refractivity contribution in [3.63, 3.8) is 0 Å². The maximum Gasteiger partial charge on any atom is 0.254 e. The van der Waals surface area contributed by atoms with Gasteiger partial charge in [-0.15, -0.1) is 0 Å². The number of pyridine rings is 1. The number of benzene rings is 1. The van der Waals surface area contributed by atoms with Crippen LogP contribution in [0, 0.1) is 13.8 Å². The second-order valence-electron chi connectivity index (χ2n) is 7.08. The zero-order chi connectivity index (χ0) is 18.3. The highest BCUT2D eigenvalue weighted by Crippen LogP contribution is 2.30. The van der Waals surface area contributed by atoms with Gasteiger partial charge in [-0.05, 0) is 50.8 Å². The Morgan fingerprint density at radius 3 is 2.65 bits per heavy atom. The van der Waals surface area contributed by atoms with Crippen LogP contribution in [-0.2, 0) is 0 Å². The molecule has 0 saturated carbocycles. The van der Waals surface area contributed by atoms with Gasteiger partial charge >= 0.3 is 0 Å². The summed E-state index contributed by atoms with van der Waals surface area (Å²) >= 11 is 0. The van der Waals surface area contributed by atoms with Gasteiger partial charge in [-0.1, -0.05) is 12.1 Å². The van der Waals surface area contributed by atoms with Crippen molar-refractivity contribution in [1.82, 2.24) is 19.9 Å². The van der Waals surface area contributed by atoms with E-state index in [0.29, 0.717) is 5.56 Å². The van der Waals surface area contributed by atoms with Crippen molar-refractivity contribution in [2.75, 3.05) is 6.54 Å². The van der Waals surface area contributed by atoms with Crippen molar-refractivity contribution in [2.45, 2.75) is 39.7 Å². The molecule has 1 aromatic carbocycles. The van der Waals surface area contributed by atoms with Crippen molar-refractivity contribution in [3.8, 4) is 11.3 Å². The predicted molar refractivity (Wildman–Crippen MR) is 102 cm³/mol. The number of hydrogen-bond acceptors (Lipinski definition) is 4. The van der Waals surface area contributed by atoms with Crippen LogP contribution in [0.1, 0.15) is 41.3 Å². The van der Waals surface area contributed by atoms with Gasteiger partial charge in [0.15, 0.2) is 0 Å². The predicted octanol–water partition coefficient (Wildman–Crippen LogP) is 3.93. The molecule has 132 valence electrons. The van der Waals surface area contributed by atoms with Gasteiger partial charge in [-0.2, -0.15) is 0 Å². The number of carbonyl (C=O) groups is 1. The topological polar surface area (TPSA) is 59.0 Å². The Morgan fingerprint density at radius 2 is 1.96 bits per heavy atom. The molecule has 5 heteroatoms. The van der Waals surface area contributed by atoms with E-state index in [1.54, 1.807) is 12.4 Å². The van der Waals surface area contributed by atoms with Crippen LogP contribution in [-0.4, -0.2) is 38.3 Å². The molecule has 0 bridgehead atoms. The summed E-state index contributed by atoms with van der Waals surface area (Å²) in [5.74, 6) is 0.0868. The summed E-state index contributed by atoms with van der Waals surface area (Å²) in [6, 6.07) is 6.25. The van der Waals surface area contributed by atoms with Crippen molar-refractivity contribution in [3.05, 3.63) is 53.6 Å². The van der Waals surface area contributed by atoms with Crippen LogP contribution in [0.3, 0.4) is 0 Å². The third-order valence-corrected chi connectivity index (χ3v) is 5.41. The van der Waals surface area contributed by atoms with Crippen LogP contribution in [0.15, 0.2) is 36.9 Å². The summed E-state index contributed by atoms with van der Waals surface area (Å²) in [5.41, 5.74) is 5.41. The number of carbonyl (C=O) groups excluding carboxylic acids is 1. The average Bonchev–Trinajstić information content (AvgIpc) is 3.10. The molecule has 1 amide bonds. The Morgan fingerprint density at radius 1 is 1.19 bits per heavy atom. The molecule has 3 aromatic rings. The molecule has 0 radical (unpaired) electrons. The van der Waals surface area contributed by atoms with E-state index in [2.05, 4.69) is 36.8 Å². The SMILES string of the molecule is Cc1ccc2c(C(=O)N3CCC[C@@H]3C)cc(-c3cncnc3)nc2c1C. The highest BCUT2D eigenvalue weighted by Gasteiger charge is 2.28. The highest BCUT2D eigenvalue weighted by molar-refractivity contribution is 6.08. The van der Waals surface area contributed by atoms with Crippen molar-refractivity contribution < 1.29 is 4.79 Å². The average molecular weight is 346 g/mol. The fourth-order valence-corrected chi connectivity index (χ4v) is 3.68. The Balaban J connectivity index is 1.95. The fourth-order valence-electron chi connectivity index (χ4n) is 3.68. The normalized spacial score (nSPS) is 17.0. The third kappa shape index (κ3) is 2.73. The quantitative estimate of drug-likeness (QED) is 0.705. The van der Waals surface area contributed by atoms with Gasteiger partial charge in [-0.25, -0.2) is 15.0 Å². The molecular weight excluding hydrogens is 324 g/mol. The lowest BCUT2D eigenvalue weighted by atomic mass is 9.99. The van der Waals surface area contributed by atoms with E-state index in [4.69, 9.17) is 4.98 Å². The first kappa shape index (κ1) is 16.6. The maximum atomic E-state index is 13.3. The molecule has 0 N–H and O–H groups in total. The lowest BCUT2D eigenvalue weighted by molar-refractivity contribution is 0.0749. The molecular formula is C21H22N4O. The van der Waals surface area contributed by atoms with E-state index >= 15 is 0 Å². The molecule has 1 fully saturated rings. The van der Waals surface area contributed by atoms with Gasteiger partial charge in [0.05, 0.1) is 16.8 Å². The van der Waals surface area contributed by atoms with Gasteiger partial charge in [0.25, 0.3) is 5.91 Å². The smallest absolute Gasteiger partial charge is 0.254 e.